The Balaban J connectivity index is 1.86. The van der Waals surface area contributed by atoms with Crippen LogP contribution in [-0.4, -0.2) is 47.9 Å². The van der Waals surface area contributed by atoms with Gasteiger partial charge in [0.1, 0.15) is 0 Å². The van der Waals surface area contributed by atoms with Gasteiger partial charge in [0.05, 0.1) is 0 Å². The second-order valence-corrected chi connectivity index (χ2v) is 6.33. The molecule has 2 atom stereocenters. The highest BCUT2D eigenvalue weighted by Gasteiger charge is 2.28. The van der Waals surface area contributed by atoms with Crippen molar-refractivity contribution >= 4 is 5.91 Å². The summed E-state index contributed by atoms with van der Waals surface area (Å²) in [5.41, 5.74) is 2.61. The lowest BCUT2D eigenvalue weighted by molar-refractivity contribution is -0.135. The number of carbonyl (C=O) groups excluding carboxylic acids is 1. The predicted octanol–water partition coefficient (Wildman–Crippen LogP) is 2.73. The number of carbonyl (C=O) groups is 1. The van der Waals surface area contributed by atoms with E-state index in [4.69, 9.17) is 0 Å². The van der Waals surface area contributed by atoms with Crippen LogP contribution in [0.15, 0.2) is 24.3 Å². The van der Waals surface area contributed by atoms with E-state index in [2.05, 4.69) is 57.0 Å². The van der Waals surface area contributed by atoms with Crippen molar-refractivity contribution in [1.29, 1.82) is 0 Å². The monoisotopic (exact) mass is 288 g/mol. The Hall–Kier alpha value is -1.35. The molecule has 3 heteroatoms. The molecule has 0 N–H and O–H groups in total. The van der Waals surface area contributed by atoms with E-state index in [1.165, 1.54) is 11.1 Å². The van der Waals surface area contributed by atoms with Gasteiger partial charge in [0.15, 0.2) is 0 Å². The van der Waals surface area contributed by atoms with Crippen LogP contribution < -0.4 is 0 Å². The molecule has 0 aliphatic carbocycles. The Morgan fingerprint density at radius 1 is 1.10 bits per heavy atom. The van der Waals surface area contributed by atoms with Crippen molar-refractivity contribution in [3.05, 3.63) is 35.4 Å². The molecule has 1 saturated heterocycles. The number of piperazine rings is 1. The van der Waals surface area contributed by atoms with E-state index < -0.39 is 0 Å². The fourth-order valence-electron chi connectivity index (χ4n) is 2.96. The average Bonchev–Trinajstić information content (AvgIpc) is 2.50. The molecular weight excluding hydrogens is 260 g/mol. The van der Waals surface area contributed by atoms with Gasteiger partial charge in [0, 0.05) is 31.6 Å². The van der Waals surface area contributed by atoms with Gasteiger partial charge in [-0.05, 0) is 44.9 Å². The summed E-state index contributed by atoms with van der Waals surface area (Å²) in [4.78, 5) is 16.8. The molecule has 1 aromatic rings. The number of likely N-dealkylation sites (N-methyl/N-ethyl adjacent to an activating group) is 1. The van der Waals surface area contributed by atoms with Crippen LogP contribution in [0.5, 0.6) is 0 Å². The maximum atomic E-state index is 12.4. The van der Waals surface area contributed by atoms with E-state index in [0.717, 1.165) is 25.9 Å². The van der Waals surface area contributed by atoms with Crippen LogP contribution in [0.3, 0.4) is 0 Å². The summed E-state index contributed by atoms with van der Waals surface area (Å²) >= 11 is 0. The van der Waals surface area contributed by atoms with Gasteiger partial charge in [-0.25, -0.2) is 0 Å². The van der Waals surface area contributed by atoms with Crippen molar-refractivity contribution in [2.45, 2.75) is 52.1 Å². The maximum Gasteiger partial charge on any atom is 0.223 e. The zero-order chi connectivity index (χ0) is 15.4. The summed E-state index contributed by atoms with van der Waals surface area (Å²) < 4.78 is 0. The summed E-state index contributed by atoms with van der Waals surface area (Å²) in [6, 6.07) is 9.53. The molecule has 21 heavy (non-hydrogen) atoms. The lowest BCUT2D eigenvalue weighted by atomic mass is 10.0. The number of aryl methyl sites for hydroxylation is 2. The molecule has 0 spiro atoms. The van der Waals surface area contributed by atoms with E-state index in [1.54, 1.807) is 0 Å². The number of hydrogen-bond donors (Lipinski definition) is 0. The summed E-state index contributed by atoms with van der Waals surface area (Å²) in [6.07, 6.45) is 2.53. The van der Waals surface area contributed by atoms with Crippen LogP contribution in [-0.2, 0) is 17.6 Å². The van der Waals surface area contributed by atoms with Crippen molar-refractivity contribution in [2.75, 3.05) is 20.1 Å². The van der Waals surface area contributed by atoms with Crippen LogP contribution in [0, 0.1) is 0 Å². The molecule has 0 saturated carbocycles. The molecule has 1 amide bonds. The fourth-order valence-corrected chi connectivity index (χ4v) is 2.96. The first-order valence-corrected chi connectivity index (χ1v) is 8.08. The van der Waals surface area contributed by atoms with Crippen LogP contribution in [0.2, 0.25) is 0 Å². The maximum absolute atomic E-state index is 12.4. The summed E-state index contributed by atoms with van der Waals surface area (Å²) in [7, 11) is 2.15. The molecule has 3 nitrogen and oxygen atoms in total. The Morgan fingerprint density at radius 2 is 1.62 bits per heavy atom. The minimum Gasteiger partial charge on any atom is -0.340 e. The Labute approximate surface area is 128 Å². The van der Waals surface area contributed by atoms with Crippen molar-refractivity contribution in [3.8, 4) is 0 Å². The normalized spacial score (nSPS) is 23.3. The zero-order valence-electron chi connectivity index (χ0n) is 13.8. The van der Waals surface area contributed by atoms with Crippen molar-refractivity contribution in [1.82, 2.24) is 9.80 Å². The first-order chi connectivity index (χ1) is 10.0. The second-order valence-electron chi connectivity index (χ2n) is 6.33. The van der Waals surface area contributed by atoms with Crippen LogP contribution in [0.4, 0.5) is 0 Å². The van der Waals surface area contributed by atoms with Crippen LogP contribution in [0.25, 0.3) is 0 Å². The number of amides is 1. The zero-order valence-corrected chi connectivity index (χ0v) is 13.8. The van der Waals surface area contributed by atoms with Gasteiger partial charge in [-0.2, -0.15) is 0 Å². The standard InChI is InChI=1S/C18H28N2O/c1-5-16-6-8-17(9-7-16)10-11-18(21)20-12-14(2)19(4)15(3)13-20/h6-9,14-15H,5,10-13H2,1-4H3. The van der Waals surface area contributed by atoms with Gasteiger partial charge < -0.3 is 4.90 Å². The minimum absolute atomic E-state index is 0.293. The van der Waals surface area contributed by atoms with Crippen molar-refractivity contribution < 1.29 is 4.79 Å². The first-order valence-electron chi connectivity index (χ1n) is 8.08. The molecule has 1 aromatic carbocycles. The molecule has 2 rings (SSSR count). The molecule has 1 fully saturated rings. The van der Waals surface area contributed by atoms with Gasteiger partial charge in [-0.15, -0.1) is 0 Å². The third-order valence-electron chi connectivity index (χ3n) is 4.77. The van der Waals surface area contributed by atoms with E-state index in [9.17, 15) is 4.79 Å². The lowest BCUT2D eigenvalue weighted by Crippen LogP contribution is -2.56. The number of hydrogen-bond acceptors (Lipinski definition) is 2. The largest absolute Gasteiger partial charge is 0.340 e. The van der Waals surface area contributed by atoms with Gasteiger partial charge in [-0.3, -0.25) is 9.69 Å². The molecule has 1 aliphatic rings. The van der Waals surface area contributed by atoms with Gasteiger partial charge in [-0.1, -0.05) is 31.2 Å². The second kappa shape index (κ2) is 7.08. The molecule has 2 unspecified atom stereocenters. The Bertz CT molecular complexity index is 457. The highest BCUT2D eigenvalue weighted by molar-refractivity contribution is 5.76. The molecule has 0 aromatic heterocycles. The highest BCUT2D eigenvalue weighted by Crippen LogP contribution is 2.15. The number of benzene rings is 1. The minimum atomic E-state index is 0.293. The molecule has 116 valence electrons. The molecule has 1 heterocycles. The number of rotatable bonds is 4. The average molecular weight is 288 g/mol. The van der Waals surface area contributed by atoms with E-state index >= 15 is 0 Å². The van der Waals surface area contributed by atoms with E-state index in [0.29, 0.717) is 24.4 Å². The smallest absolute Gasteiger partial charge is 0.223 e. The summed E-state index contributed by atoms with van der Waals surface area (Å²) in [5.74, 6) is 0.293. The summed E-state index contributed by atoms with van der Waals surface area (Å²) in [5, 5.41) is 0. The topological polar surface area (TPSA) is 23.6 Å². The van der Waals surface area contributed by atoms with Crippen LogP contribution in [0.1, 0.15) is 38.3 Å². The van der Waals surface area contributed by atoms with E-state index in [-0.39, 0.29) is 0 Å². The third-order valence-corrected chi connectivity index (χ3v) is 4.77. The van der Waals surface area contributed by atoms with Crippen molar-refractivity contribution in [2.24, 2.45) is 0 Å². The lowest BCUT2D eigenvalue weighted by Gasteiger charge is -2.42. The highest BCUT2D eigenvalue weighted by atomic mass is 16.2. The molecule has 0 radical (unpaired) electrons. The predicted molar refractivity (Wildman–Crippen MR) is 87.4 cm³/mol. The molecule has 0 bridgehead atoms. The number of nitrogens with zero attached hydrogens (tertiary/aromatic N) is 2. The summed E-state index contributed by atoms with van der Waals surface area (Å²) in [6.45, 7) is 8.26. The quantitative estimate of drug-likeness (QED) is 0.850. The SMILES string of the molecule is CCc1ccc(CCC(=O)N2CC(C)N(C)C(C)C2)cc1. The first kappa shape index (κ1) is 16.0. The van der Waals surface area contributed by atoms with Crippen LogP contribution >= 0.6 is 0 Å². The van der Waals surface area contributed by atoms with Crippen molar-refractivity contribution in [3.63, 3.8) is 0 Å². The third kappa shape index (κ3) is 4.07. The van der Waals surface area contributed by atoms with E-state index in [1.807, 2.05) is 4.90 Å². The fraction of sp³-hybridized carbons (Fsp3) is 0.611. The molecular formula is C18H28N2O. The Morgan fingerprint density at radius 3 is 2.14 bits per heavy atom. The molecule has 1 aliphatic heterocycles. The van der Waals surface area contributed by atoms with Gasteiger partial charge in [0.25, 0.3) is 0 Å². The van der Waals surface area contributed by atoms with Gasteiger partial charge in [0.2, 0.25) is 5.91 Å². The Kier molecular flexibility index (Phi) is 5.40. The van der Waals surface area contributed by atoms with Gasteiger partial charge >= 0.3 is 0 Å².